The number of fused-ring (bicyclic) bond motifs is 1. The van der Waals surface area contributed by atoms with Gasteiger partial charge in [0.25, 0.3) is 11.5 Å². The Kier molecular flexibility index (Phi) is 5.67. The molecule has 12 heteroatoms. The molecule has 2 aromatic heterocycles. The van der Waals surface area contributed by atoms with Crippen LogP contribution in [0, 0.1) is 0 Å². The summed E-state index contributed by atoms with van der Waals surface area (Å²) in [4.78, 5) is 41.4. The summed E-state index contributed by atoms with van der Waals surface area (Å²) in [6, 6.07) is 7.15. The fourth-order valence-corrected chi connectivity index (χ4v) is 4.93. The SMILES string of the molecule is Cn1c(=O)c2cc(NC(=O)c3cccc(S(=O)(=O)N4CCOCC4)c3)cnc2n(C)c1=O. The summed E-state index contributed by atoms with van der Waals surface area (Å²) in [7, 11) is -0.902. The zero-order valence-corrected chi connectivity index (χ0v) is 18.3. The molecule has 0 bridgehead atoms. The Balaban J connectivity index is 1.64. The molecular formula is C20H21N5O6S. The Labute approximate surface area is 182 Å². The van der Waals surface area contributed by atoms with Gasteiger partial charge in [-0.3, -0.25) is 18.7 Å². The summed E-state index contributed by atoms with van der Waals surface area (Å²) in [5, 5.41) is 2.79. The predicted molar refractivity (Wildman–Crippen MR) is 116 cm³/mol. The van der Waals surface area contributed by atoms with Crippen LogP contribution in [0.2, 0.25) is 0 Å². The Morgan fingerprint density at radius 3 is 2.53 bits per heavy atom. The van der Waals surface area contributed by atoms with E-state index in [2.05, 4.69) is 10.3 Å². The molecule has 1 aliphatic rings. The molecule has 1 aliphatic heterocycles. The average Bonchev–Trinajstić information content (AvgIpc) is 2.82. The minimum Gasteiger partial charge on any atom is -0.379 e. The van der Waals surface area contributed by atoms with E-state index in [-0.39, 0.29) is 40.3 Å². The number of aromatic nitrogens is 3. The number of nitrogens with zero attached hydrogens (tertiary/aromatic N) is 4. The molecule has 168 valence electrons. The normalized spacial score (nSPS) is 15.1. The molecule has 1 N–H and O–H groups in total. The highest BCUT2D eigenvalue weighted by Crippen LogP contribution is 2.19. The summed E-state index contributed by atoms with van der Waals surface area (Å²) in [6.45, 7) is 1.14. The second kappa shape index (κ2) is 8.30. The van der Waals surface area contributed by atoms with Crippen molar-refractivity contribution in [3.63, 3.8) is 0 Å². The number of ether oxygens (including phenoxy) is 1. The standard InChI is InChI=1S/C20H21N5O6S/c1-23-17-16(19(27)24(2)20(23)28)11-14(12-21-17)22-18(26)13-4-3-5-15(10-13)32(29,30)25-6-8-31-9-7-25/h3-5,10-12H,6-9H2,1-2H3,(H,22,26). The summed E-state index contributed by atoms with van der Waals surface area (Å²) >= 11 is 0. The molecule has 0 unspecified atom stereocenters. The van der Waals surface area contributed by atoms with E-state index in [1.165, 1.54) is 59.5 Å². The van der Waals surface area contributed by atoms with Crippen LogP contribution in [-0.4, -0.2) is 59.1 Å². The van der Waals surface area contributed by atoms with Gasteiger partial charge in [0.05, 0.1) is 35.4 Å². The second-order valence-corrected chi connectivity index (χ2v) is 9.24. The number of hydrogen-bond acceptors (Lipinski definition) is 7. The maximum atomic E-state index is 12.9. The minimum atomic E-state index is -3.75. The van der Waals surface area contributed by atoms with E-state index in [0.29, 0.717) is 13.2 Å². The first-order chi connectivity index (χ1) is 15.2. The molecule has 4 rings (SSSR count). The molecule has 0 saturated carbocycles. The summed E-state index contributed by atoms with van der Waals surface area (Å²) in [5.74, 6) is -0.563. The number of amides is 1. The van der Waals surface area contributed by atoms with Crippen LogP contribution in [-0.2, 0) is 28.9 Å². The van der Waals surface area contributed by atoms with Crippen molar-refractivity contribution in [2.75, 3.05) is 31.6 Å². The Morgan fingerprint density at radius 1 is 1.09 bits per heavy atom. The van der Waals surface area contributed by atoms with Crippen molar-refractivity contribution < 1.29 is 17.9 Å². The molecule has 1 amide bonds. The number of benzene rings is 1. The summed E-state index contributed by atoms with van der Waals surface area (Å²) < 4.78 is 34.4. The molecule has 1 saturated heterocycles. The number of sulfonamides is 1. The van der Waals surface area contributed by atoms with Crippen molar-refractivity contribution in [1.82, 2.24) is 18.4 Å². The van der Waals surface area contributed by atoms with Gasteiger partial charge in [-0.15, -0.1) is 0 Å². The Hall–Kier alpha value is -3.35. The summed E-state index contributed by atoms with van der Waals surface area (Å²) in [6.07, 6.45) is 1.33. The third kappa shape index (κ3) is 3.83. The van der Waals surface area contributed by atoms with Crippen LogP contribution < -0.4 is 16.6 Å². The van der Waals surface area contributed by atoms with E-state index in [0.717, 1.165) is 4.57 Å². The van der Waals surface area contributed by atoms with E-state index in [4.69, 9.17) is 4.74 Å². The average molecular weight is 459 g/mol. The maximum Gasteiger partial charge on any atom is 0.332 e. The van der Waals surface area contributed by atoms with Gasteiger partial charge in [-0.05, 0) is 24.3 Å². The predicted octanol–water partition coefficient (Wildman–Crippen LogP) is -0.0946. The molecule has 3 aromatic rings. The van der Waals surface area contributed by atoms with Gasteiger partial charge in [0.15, 0.2) is 0 Å². The van der Waals surface area contributed by atoms with Crippen LogP contribution in [0.5, 0.6) is 0 Å². The fourth-order valence-electron chi connectivity index (χ4n) is 3.47. The molecule has 32 heavy (non-hydrogen) atoms. The van der Waals surface area contributed by atoms with Gasteiger partial charge in [0.2, 0.25) is 10.0 Å². The third-order valence-corrected chi connectivity index (χ3v) is 7.15. The topological polar surface area (TPSA) is 133 Å². The molecule has 0 radical (unpaired) electrons. The summed E-state index contributed by atoms with van der Waals surface area (Å²) in [5.41, 5.74) is -0.488. The van der Waals surface area contributed by atoms with E-state index < -0.39 is 27.2 Å². The highest BCUT2D eigenvalue weighted by Gasteiger charge is 2.27. The van der Waals surface area contributed by atoms with Crippen LogP contribution in [0.4, 0.5) is 5.69 Å². The lowest BCUT2D eigenvalue weighted by molar-refractivity contribution is 0.0730. The lowest BCUT2D eigenvalue weighted by Gasteiger charge is -2.26. The number of hydrogen-bond donors (Lipinski definition) is 1. The number of pyridine rings is 1. The van der Waals surface area contributed by atoms with Gasteiger partial charge < -0.3 is 10.1 Å². The van der Waals surface area contributed by atoms with Gasteiger partial charge in [-0.1, -0.05) is 6.07 Å². The maximum absolute atomic E-state index is 12.9. The van der Waals surface area contributed by atoms with Crippen LogP contribution in [0.15, 0.2) is 51.0 Å². The lowest BCUT2D eigenvalue weighted by Crippen LogP contribution is -2.40. The Bertz CT molecular complexity index is 1440. The molecule has 0 spiro atoms. The molecule has 11 nitrogen and oxygen atoms in total. The van der Waals surface area contributed by atoms with Crippen molar-refractivity contribution in [2.45, 2.75) is 4.90 Å². The van der Waals surface area contributed by atoms with Gasteiger partial charge >= 0.3 is 5.69 Å². The Morgan fingerprint density at radius 2 is 1.81 bits per heavy atom. The van der Waals surface area contributed by atoms with Crippen LogP contribution in [0.25, 0.3) is 11.0 Å². The zero-order valence-electron chi connectivity index (χ0n) is 17.4. The van der Waals surface area contributed by atoms with Gasteiger partial charge in [0, 0.05) is 32.7 Å². The van der Waals surface area contributed by atoms with E-state index in [1.807, 2.05) is 0 Å². The lowest BCUT2D eigenvalue weighted by atomic mass is 10.2. The van der Waals surface area contributed by atoms with Crippen LogP contribution in [0.1, 0.15) is 10.4 Å². The van der Waals surface area contributed by atoms with Gasteiger partial charge in [0.1, 0.15) is 5.65 Å². The molecule has 1 fully saturated rings. The molecule has 3 heterocycles. The first-order valence-corrected chi connectivity index (χ1v) is 11.2. The largest absolute Gasteiger partial charge is 0.379 e. The number of carbonyl (C=O) groups excluding carboxylic acids is 1. The van der Waals surface area contributed by atoms with Gasteiger partial charge in [-0.25, -0.2) is 18.2 Å². The number of anilines is 1. The quantitative estimate of drug-likeness (QED) is 0.576. The highest BCUT2D eigenvalue weighted by atomic mass is 32.2. The van der Waals surface area contributed by atoms with E-state index in [9.17, 15) is 22.8 Å². The first-order valence-electron chi connectivity index (χ1n) is 9.75. The zero-order chi connectivity index (χ0) is 23.0. The number of carbonyl (C=O) groups is 1. The smallest absolute Gasteiger partial charge is 0.332 e. The van der Waals surface area contributed by atoms with E-state index in [1.54, 1.807) is 0 Å². The fraction of sp³-hybridized carbons (Fsp3) is 0.300. The van der Waals surface area contributed by atoms with Crippen LogP contribution >= 0.6 is 0 Å². The first kappa shape index (κ1) is 21.9. The van der Waals surface area contributed by atoms with Crippen molar-refractivity contribution in [1.29, 1.82) is 0 Å². The van der Waals surface area contributed by atoms with Crippen molar-refractivity contribution in [3.8, 4) is 0 Å². The molecule has 0 atom stereocenters. The second-order valence-electron chi connectivity index (χ2n) is 7.30. The molecule has 1 aromatic carbocycles. The number of aryl methyl sites for hydroxylation is 1. The van der Waals surface area contributed by atoms with Gasteiger partial charge in [-0.2, -0.15) is 4.31 Å². The van der Waals surface area contributed by atoms with Crippen molar-refractivity contribution in [2.24, 2.45) is 14.1 Å². The monoisotopic (exact) mass is 459 g/mol. The van der Waals surface area contributed by atoms with Crippen molar-refractivity contribution in [3.05, 3.63) is 62.9 Å². The number of nitrogens with one attached hydrogen (secondary N) is 1. The van der Waals surface area contributed by atoms with Crippen molar-refractivity contribution >= 4 is 32.7 Å². The highest BCUT2D eigenvalue weighted by molar-refractivity contribution is 7.89. The minimum absolute atomic E-state index is 0.00700. The number of rotatable bonds is 4. The third-order valence-electron chi connectivity index (χ3n) is 5.26. The van der Waals surface area contributed by atoms with E-state index >= 15 is 0 Å². The number of morpholine rings is 1. The van der Waals surface area contributed by atoms with Crippen LogP contribution in [0.3, 0.4) is 0 Å². The molecular weight excluding hydrogens is 438 g/mol. The molecule has 0 aliphatic carbocycles.